The van der Waals surface area contributed by atoms with Crippen LogP contribution in [0.4, 0.5) is 19.0 Å². The second-order valence-corrected chi connectivity index (χ2v) is 8.97. The van der Waals surface area contributed by atoms with Gasteiger partial charge in [0.25, 0.3) is 5.91 Å². The highest BCUT2D eigenvalue weighted by molar-refractivity contribution is 6.03. The Bertz CT molecular complexity index is 1010. The van der Waals surface area contributed by atoms with Gasteiger partial charge >= 0.3 is 12.1 Å². The van der Waals surface area contributed by atoms with Crippen molar-refractivity contribution in [1.82, 2.24) is 14.7 Å². The van der Waals surface area contributed by atoms with Gasteiger partial charge in [0, 0.05) is 31.3 Å². The first kappa shape index (κ1) is 26.5. The Labute approximate surface area is 202 Å². The SMILES string of the molecule is Cc1ccc(C(=O)Nc2ccnn2C2CCN(CC3CC=CCC3)CC2)cc1.O=C(O)C(F)(F)F. The summed E-state index contributed by atoms with van der Waals surface area (Å²) < 4.78 is 33.7. The fraction of sp³-hybridized carbons (Fsp3) is 0.480. The Kier molecular flexibility index (Phi) is 9.08. The molecule has 2 N–H and O–H groups in total. The number of alkyl halides is 3. The standard InChI is InChI=1S/C23H30N4O.C2HF3O2/c1-18-7-9-20(10-8-18)23(28)25-22-11-14-24-27(22)21-12-15-26(16-13-21)17-19-5-3-2-4-6-19;3-2(4,5)1(6)7/h2-3,7-11,14,19,21H,4-6,12-13,15-17H2,1H3,(H,25,28);(H,6,7). The van der Waals surface area contributed by atoms with Crippen LogP contribution in [-0.4, -0.2) is 57.5 Å². The van der Waals surface area contributed by atoms with E-state index in [0.29, 0.717) is 11.6 Å². The third-order valence-electron chi connectivity index (χ3n) is 6.27. The highest BCUT2D eigenvalue weighted by Gasteiger charge is 2.38. The minimum absolute atomic E-state index is 0.0791. The second-order valence-electron chi connectivity index (χ2n) is 8.97. The van der Waals surface area contributed by atoms with Gasteiger partial charge in [0.1, 0.15) is 5.82 Å². The number of carboxylic acid groups (broad SMARTS) is 1. The highest BCUT2D eigenvalue weighted by atomic mass is 19.4. The molecule has 1 aromatic heterocycles. The van der Waals surface area contributed by atoms with Crippen LogP contribution in [-0.2, 0) is 4.79 Å². The number of allylic oxidation sites excluding steroid dienone is 2. The summed E-state index contributed by atoms with van der Waals surface area (Å²) in [5.41, 5.74) is 1.83. The summed E-state index contributed by atoms with van der Waals surface area (Å²) >= 11 is 0. The summed E-state index contributed by atoms with van der Waals surface area (Å²) in [4.78, 5) is 24.1. The number of aromatic nitrogens is 2. The number of benzene rings is 1. The number of rotatable bonds is 5. The number of aryl methyl sites for hydroxylation is 1. The molecule has 1 aromatic carbocycles. The number of nitrogens with one attached hydrogen (secondary N) is 1. The van der Waals surface area contributed by atoms with Crippen LogP contribution in [0.3, 0.4) is 0 Å². The van der Waals surface area contributed by atoms with Gasteiger partial charge in [-0.05, 0) is 57.1 Å². The number of hydrogen-bond acceptors (Lipinski definition) is 4. The topological polar surface area (TPSA) is 87.5 Å². The van der Waals surface area contributed by atoms with E-state index >= 15 is 0 Å². The predicted octanol–water partition coefficient (Wildman–Crippen LogP) is 5.07. The third kappa shape index (κ3) is 7.95. The van der Waals surface area contributed by atoms with Gasteiger partial charge in [-0.2, -0.15) is 18.3 Å². The van der Waals surface area contributed by atoms with Crippen molar-refractivity contribution >= 4 is 17.7 Å². The lowest BCUT2D eigenvalue weighted by molar-refractivity contribution is -0.192. The maximum Gasteiger partial charge on any atom is 0.490 e. The number of likely N-dealkylation sites (tertiary alicyclic amines) is 1. The number of anilines is 1. The molecule has 1 aliphatic heterocycles. The number of carbonyl (C=O) groups is 2. The Balaban J connectivity index is 0.000000429. The lowest BCUT2D eigenvalue weighted by Crippen LogP contribution is -2.38. The van der Waals surface area contributed by atoms with Crippen molar-refractivity contribution in [3.05, 3.63) is 59.8 Å². The molecular formula is C25H31F3N4O3. The van der Waals surface area contributed by atoms with Gasteiger partial charge in [-0.3, -0.25) is 4.79 Å². The van der Waals surface area contributed by atoms with Gasteiger partial charge in [-0.25, -0.2) is 9.48 Å². The summed E-state index contributed by atoms with van der Waals surface area (Å²) in [7, 11) is 0. The fourth-order valence-corrected chi connectivity index (χ4v) is 4.33. The number of aliphatic carboxylic acids is 1. The molecule has 0 saturated carbocycles. The van der Waals surface area contributed by atoms with Gasteiger partial charge in [0.05, 0.1) is 12.2 Å². The van der Waals surface area contributed by atoms with E-state index in [0.717, 1.165) is 43.2 Å². The Morgan fingerprint density at radius 2 is 1.74 bits per heavy atom. The molecule has 7 nitrogen and oxygen atoms in total. The van der Waals surface area contributed by atoms with Crippen molar-refractivity contribution in [2.75, 3.05) is 25.0 Å². The van der Waals surface area contributed by atoms with Crippen LogP contribution >= 0.6 is 0 Å². The second kappa shape index (κ2) is 12.0. The van der Waals surface area contributed by atoms with Crippen LogP contribution in [0.25, 0.3) is 0 Å². The van der Waals surface area contributed by atoms with E-state index in [1.54, 1.807) is 6.20 Å². The number of carboxylic acids is 1. The molecule has 0 bridgehead atoms. The fourth-order valence-electron chi connectivity index (χ4n) is 4.33. The van der Waals surface area contributed by atoms with Gasteiger partial charge in [-0.15, -0.1) is 0 Å². The van der Waals surface area contributed by atoms with E-state index in [2.05, 4.69) is 27.5 Å². The first-order valence-electron chi connectivity index (χ1n) is 11.7. The molecule has 2 aromatic rings. The number of carbonyl (C=O) groups excluding carboxylic acids is 1. The number of halogens is 3. The molecule has 1 aliphatic carbocycles. The summed E-state index contributed by atoms with van der Waals surface area (Å²) in [5.74, 6) is -1.23. The van der Waals surface area contributed by atoms with Crippen LogP contribution in [0, 0.1) is 12.8 Å². The number of hydrogen-bond donors (Lipinski definition) is 2. The van der Waals surface area contributed by atoms with Crippen molar-refractivity contribution in [2.45, 2.75) is 51.2 Å². The van der Waals surface area contributed by atoms with Gasteiger partial charge < -0.3 is 15.3 Å². The smallest absolute Gasteiger partial charge is 0.475 e. The molecule has 35 heavy (non-hydrogen) atoms. The molecule has 1 fully saturated rings. The molecule has 10 heteroatoms. The minimum atomic E-state index is -5.08. The molecule has 1 amide bonds. The molecule has 2 heterocycles. The number of piperidine rings is 1. The van der Waals surface area contributed by atoms with Crippen LogP contribution in [0.15, 0.2) is 48.7 Å². The molecule has 1 saturated heterocycles. The molecular weight excluding hydrogens is 461 g/mol. The monoisotopic (exact) mass is 492 g/mol. The zero-order valence-electron chi connectivity index (χ0n) is 19.7. The zero-order chi connectivity index (χ0) is 25.4. The summed E-state index contributed by atoms with van der Waals surface area (Å²) in [6, 6.07) is 9.90. The first-order valence-corrected chi connectivity index (χ1v) is 11.7. The highest BCUT2D eigenvalue weighted by Crippen LogP contribution is 2.27. The van der Waals surface area contributed by atoms with Gasteiger partial charge in [0.2, 0.25) is 0 Å². The maximum atomic E-state index is 12.6. The van der Waals surface area contributed by atoms with E-state index in [9.17, 15) is 18.0 Å². The largest absolute Gasteiger partial charge is 0.490 e. The Morgan fingerprint density at radius 1 is 1.09 bits per heavy atom. The van der Waals surface area contributed by atoms with Gasteiger partial charge in [-0.1, -0.05) is 29.8 Å². The first-order chi connectivity index (χ1) is 16.6. The lowest BCUT2D eigenvalue weighted by Gasteiger charge is -2.35. The Morgan fingerprint density at radius 3 is 2.31 bits per heavy atom. The van der Waals surface area contributed by atoms with Gasteiger partial charge in [0.15, 0.2) is 0 Å². The van der Waals surface area contributed by atoms with Crippen LogP contribution in [0.1, 0.15) is 54.1 Å². The number of amides is 1. The predicted molar refractivity (Wildman–Crippen MR) is 126 cm³/mol. The average molecular weight is 493 g/mol. The molecule has 190 valence electrons. The lowest BCUT2D eigenvalue weighted by atomic mass is 9.93. The van der Waals surface area contributed by atoms with Crippen molar-refractivity contribution in [3.63, 3.8) is 0 Å². The molecule has 1 atom stereocenters. The molecule has 2 aliphatic rings. The summed E-state index contributed by atoms with van der Waals surface area (Å²) in [6.45, 7) is 5.45. The average Bonchev–Trinajstić information content (AvgIpc) is 3.28. The van der Waals surface area contributed by atoms with Crippen LogP contribution in [0.5, 0.6) is 0 Å². The van der Waals surface area contributed by atoms with E-state index in [1.165, 1.54) is 25.8 Å². The minimum Gasteiger partial charge on any atom is -0.475 e. The quantitative estimate of drug-likeness (QED) is 0.569. The van der Waals surface area contributed by atoms with E-state index in [1.807, 2.05) is 41.9 Å². The van der Waals surface area contributed by atoms with E-state index < -0.39 is 12.1 Å². The third-order valence-corrected chi connectivity index (χ3v) is 6.27. The maximum absolute atomic E-state index is 12.6. The van der Waals surface area contributed by atoms with Crippen molar-refractivity contribution in [3.8, 4) is 0 Å². The molecule has 0 radical (unpaired) electrons. The van der Waals surface area contributed by atoms with Crippen LogP contribution < -0.4 is 5.32 Å². The van der Waals surface area contributed by atoms with E-state index in [4.69, 9.17) is 9.90 Å². The van der Waals surface area contributed by atoms with Crippen LogP contribution in [0.2, 0.25) is 0 Å². The molecule has 4 rings (SSSR count). The van der Waals surface area contributed by atoms with Crippen molar-refractivity contribution in [1.29, 1.82) is 0 Å². The van der Waals surface area contributed by atoms with Crippen molar-refractivity contribution in [2.24, 2.45) is 5.92 Å². The summed E-state index contributed by atoms with van der Waals surface area (Å²) in [5, 5.41) is 14.7. The molecule has 1 unspecified atom stereocenters. The normalized spacial score (nSPS) is 19.0. The molecule has 0 spiro atoms. The zero-order valence-corrected chi connectivity index (χ0v) is 19.7. The summed E-state index contributed by atoms with van der Waals surface area (Å²) in [6.07, 6.45) is 7.30. The van der Waals surface area contributed by atoms with Crippen molar-refractivity contribution < 1.29 is 27.9 Å². The Hall–Kier alpha value is -3.14. The van der Waals surface area contributed by atoms with E-state index in [-0.39, 0.29) is 5.91 Å². The number of nitrogens with zero attached hydrogens (tertiary/aromatic N) is 3.